The van der Waals surface area contributed by atoms with Crippen LogP contribution in [0.5, 0.6) is 0 Å². The van der Waals surface area contributed by atoms with Crippen LogP contribution in [0.2, 0.25) is 0 Å². The second-order valence-electron chi connectivity index (χ2n) is 18.0. The molecule has 1 spiro atoms. The Bertz CT molecular complexity index is 3870. The molecular formula is C65H40N2O. The summed E-state index contributed by atoms with van der Waals surface area (Å²) in [6.45, 7) is 0. The highest BCUT2D eigenvalue weighted by molar-refractivity contribution is 6.11. The largest absolute Gasteiger partial charge is 0.455 e. The summed E-state index contributed by atoms with van der Waals surface area (Å²) in [5.41, 5.74) is 23.2. The van der Waals surface area contributed by atoms with Gasteiger partial charge in [-0.15, -0.1) is 0 Å². The Morgan fingerprint density at radius 3 is 1.46 bits per heavy atom. The molecule has 10 aromatic carbocycles. The van der Waals surface area contributed by atoms with Gasteiger partial charge in [0.05, 0.1) is 16.8 Å². The lowest BCUT2D eigenvalue weighted by atomic mass is 9.70. The molecule has 3 heteroatoms. The van der Waals surface area contributed by atoms with E-state index in [9.17, 15) is 0 Å². The van der Waals surface area contributed by atoms with E-state index in [1.54, 1.807) is 0 Å². The normalized spacial score (nSPS) is 12.8. The second kappa shape index (κ2) is 15.1. The number of nitrogens with zero attached hydrogens (tertiary/aromatic N) is 2. The minimum absolute atomic E-state index is 0.488. The van der Waals surface area contributed by atoms with Gasteiger partial charge in [0.15, 0.2) is 5.82 Å². The van der Waals surface area contributed by atoms with Crippen LogP contribution in [0.1, 0.15) is 22.3 Å². The molecule has 0 unspecified atom stereocenters. The number of aromatic nitrogens is 2. The molecule has 0 saturated carbocycles. The molecule has 2 aliphatic rings. The molecule has 2 aromatic heterocycles. The maximum Gasteiger partial charge on any atom is 0.160 e. The van der Waals surface area contributed by atoms with Gasteiger partial charge in [-0.05, 0) is 109 Å². The molecule has 12 aromatic rings. The minimum Gasteiger partial charge on any atom is -0.455 e. The van der Waals surface area contributed by atoms with E-state index in [0.717, 1.165) is 83.4 Å². The van der Waals surface area contributed by atoms with Gasteiger partial charge in [0, 0.05) is 33.0 Å². The van der Waals surface area contributed by atoms with Crippen LogP contribution < -0.4 is 0 Å². The predicted octanol–water partition coefficient (Wildman–Crippen LogP) is 16.7. The molecule has 0 bridgehead atoms. The summed E-state index contributed by atoms with van der Waals surface area (Å²) >= 11 is 0. The first kappa shape index (κ1) is 38.4. The highest BCUT2D eigenvalue weighted by atomic mass is 16.3. The number of furan rings is 1. The summed E-state index contributed by atoms with van der Waals surface area (Å²) in [6, 6.07) is 87.6. The van der Waals surface area contributed by atoms with Crippen LogP contribution in [0.3, 0.4) is 0 Å². The summed E-state index contributed by atoms with van der Waals surface area (Å²) in [6.07, 6.45) is 0. The number of hydrogen-bond acceptors (Lipinski definition) is 3. The molecule has 0 fully saturated rings. The van der Waals surface area contributed by atoms with Crippen LogP contribution >= 0.6 is 0 Å². The van der Waals surface area contributed by atoms with Crippen LogP contribution in [-0.4, -0.2) is 9.97 Å². The topological polar surface area (TPSA) is 38.9 Å². The quantitative estimate of drug-likeness (QED) is 0.167. The molecule has 0 saturated heterocycles. The van der Waals surface area contributed by atoms with E-state index in [0.29, 0.717) is 5.82 Å². The third kappa shape index (κ3) is 5.72. The van der Waals surface area contributed by atoms with Gasteiger partial charge in [0.25, 0.3) is 0 Å². The molecule has 14 rings (SSSR count). The summed E-state index contributed by atoms with van der Waals surface area (Å²) in [4.78, 5) is 10.2. The van der Waals surface area contributed by atoms with E-state index in [-0.39, 0.29) is 0 Å². The predicted molar refractivity (Wildman–Crippen MR) is 278 cm³/mol. The molecule has 3 nitrogen and oxygen atoms in total. The number of hydrogen-bond donors (Lipinski definition) is 0. The molecule has 0 N–H and O–H groups in total. The van der Waals surface area contributed by atoms with Crippen LogP contribution in [0.25, 0.3) is 111 Å². The fourth-order valence-electron chi connectivity index (χ4n) is 11.4. The van der Waals surface area contributed by atoms with Gasteiger partial charge in [0.2, 0.25) is 0 Å². The van der Waals surface area contributed by atoms with Crippen molar-refractivity contribution < 1.29 is 4.42 Å². The maximum absolute atomic E-state index is 6.82. The fourth-order valence-corrected chi connectivity index (χ4v) is 11.4. The zero-order chi connectivity index (χ0) is 44.8. The van der Waals surface area contributed by atoms with E-state index < -0.39 is 5.41 Å². The molecule has 0 atom stereocenters. The molecule has 68 heavy (non-hydrogen) atoms. The lowest BCUT2D eigenvalue weighted by molar-refractivity contribution is 0.670. The smallest absolute Gasteiger partial charge is 0.160 e. The molecular weight excluding hydrogens is 825 g/mol. The van der Waals surface area contributed by atoms with Gasteiger partial charge in [0.1, 0.15) is 11.2 Å². The van der Waals surface area contributed by atoms with E-state index in [1.165, 1.54) is 44.5 Å². The van der Waals surface area contributed by atoms with Crippen molar-refractivity contribution in [2.75, 3.05) is 0 Å². The Hall–Kier alpha value is -8.92. The Kier molecular flexibility index (Phi) is 8.50. The van der Waals surface area contributed by atoms with E-state index in [4.69, 9.17) is 14.4 Å². The standard InChI is InChI=1S/C65H40N2O/c1-3-18-41(19-4-1)60-40-61(67-64(66-60)42-20-5-2-6-21-42)46-25-16-23-44(37-46)43-22-15-24-45(36-43)53-39-59-55(38-54(53)52-31-17-30-51-50-29-10-14-35-62(50)68-63(51)52)49-28-9-13-34-58(49)65(59)56-32-11-7-26-47(56)48-27-8-12-33-57(48)65/h1-40H. The molecule has 2 heterocycles. The third-order valence-electron chi connectivity index (χ3n) is 14.3. The zero-order valence-electron chi connectivity index (χ0n) is 36.9. The molecule has 2 aliphatic carbocycles. The molecule has 0 amide bonds. The summed E-state index contributed by atoms with van der Waals surface area (Å²) < 4.78 is 6.82. The minimum atomic E-state index is -0.488. The number of para-hydroxylation sites is 2. The van der Waals surface area contributed by atoms with E-state index in [2.05, 4.69) is 218 Å². The van der Waals surface area contributed by atoms with E-state index >= 15 is 0 Å². The third-order valence-corrected chi connectivity index (χ3v) is 14.3. The summed E-state index contributed by atoms with van der Waals surface area (Å²) in [7, 11) is 0. The lowest BCUT2D eigenvalue weighted by Crippen LogP contribution is -2.25. The van der Waals surface area contributed by atoms with Crippen molar-refractivity contribution in [3.05, 3.63) is 265 Å². The van der Waals surface area contributed by atoms with Crippen molar-refractivity contribution >= 4 is 21.9 Å². The van der Waals surface area contributed by atoms with Crippen LogP contribution in [0, 0.1) is 0 Å². The summed E-state index contributed by atoms with van der Waals surface area (Å²) in [5, 5.41) is 2.23. The van der Waals surface area contributed by atoms with Gasteiger partial charge in [-0.2, -0.15) is 0 Å². The Labute approximate surface area is 394 Å². The first-order valence-corrected chi connectivity index (χ1v) is 23.3. The highest BCUT2D eigenvalue weighted by Crippen LogP contribution is 2.64. The highest BCUT2D eigenvalue weighted by Gasteiger charge is 2.51. The average molecular weight is 865 g/mol. The maximum atomic E-state index is 6.82. The van der Waals surface area contributed by atoms with Crippen molar-refractivity contribution in [2.24, 2.45) is 0 Å². The molecule has 0 radical (unpaired) electrons. The number of benzene rings is 10. The Balaban J connectivity index is 0.988. The first-order chi connectivity index (χ1) is 33.7. The first-order valence-electron chi connectivity index (χ1n) is 23.3. The zero-order valence-corrected chi connectivity index (χ0v) is 36.9. The molecule has 0 aliphatic heterocycles. The van der Waals surface area contributed by atoms with Crippen molar-refractivity contribution in [2.45, 2.75) is 5.41 Å². The van der Waals surface area contributed by atoms with Crippen molar-refractivity contribution in [1.82, 2.24) is 9.97 Å². The SMILES string of the molecule is c1ccc(-c2cc(-c3cccc(-c4cccc(-c5cc6c(cc5-c5cccc7c5oc5ccccc57)-c5ccccc5C65c6ccccc6-c6ccccc65)c4)c3)nc(-c3ccccc3)n2)cc1. The van der Waals surface area contributed by atoms with Gasteiger partial charge >= 0.3 is 0 Å². The van der Waals surface area contributed by atoms with Crippen LogP contribution in [0.4, 0.5) is 0 Å². The monoisotopic (exact) mass is 864 g/mol. The van der Waals surface area contributed by atoms with Crippen molar-refractivity contribution in [3.63, 3.8) is 0 Å². The van der Waals surface area contributed by atoms with Crippen LogP contribution in [0.15, 0.2) is 247 Å². The van der Waals surface area contributed by atoms with Gasteiger partial charge in [-0.3, -0.25) is 0 Å². The van der Waals surface area contributed by atoms with Crippen molar-refractivity contribution in [1.29, 1.82) is 0 Å². The average Bonchev–Trinajstić information content (AvgIpc) is 4.05. The fraction of sp³-hybridized carbons (Fsp3) is 0.0154. The molecule has 316 valence electrons. The number of rotatable bonds is 6. The second-order valence-corrected chi connectivity index (χ2v) is 18.0. The Morgan fingerprint density at radius 2 is 0.765 bits per heavy atom. The van der Waals surface area contributed by atoms with E-state index in [1.807, 2.05) is 24.3 Å². The summed E-state index contributed by atoms with van der Waals surface area (Å²) in [5.74, 6) is 0.699. The van der Waals surface area contributed by atoms with Gasteiger partial charge < -0.3 is 4.42 Å². The van der Waals surface area contributed by atoms with Crippen LogP contribution in [-0.2, 0) is 5.41 Å². The Morgan fingerprint density at radius 1 is 0.279 bits per heavy atom. The van der Waals surface area contributed by atoms with Gasteiger partial charge in [-0.25, -0.2) is 9.97 Å². The number of fused-ring (bicyclic) bond motifs is 13. The van der Waals surface area contributed by atoms with Gasteiger partial charge in [-0.1, -0.05) is 206 Å². The lowest BCUT2D eigenvalue weighted by Gasteiger charge is -2.31. The van der Waals surface area contributed by atoms with Crippen molar-refractivity contribution in [3.8, 4) is 89.5 Å².